The predicted molar refractivity (Wildman–Crippen MR) is 39.5 cm³/mol. The van der Waals surface area contributed by atoms with Gasteiger partial charge in [0.2, 0.25) is 0 Å². The summed E-state index contributed by atoms with van der Waals surface area (Å²) in [6.45, 7) is 0.975. The van der Waals surface area contributed by atoms with Gasteiger partial charge in [-0.15, -0.1) is 0 Å². The molecule has 0 radical (unpaired) electrons. The van der Waals surface area contributed by atoms with E-state index in [1.807, 2.05) is 0 Å². The Balaban J connectivity index is 2.28. The minimum atomic E-state index is -2.07. The van der Waals surface area contributed by atoms with Crippen LogP contribution in [0.1, 0.15) is 12.8 Å². The third-order valence-electron chi connectivity index (χ3n) is 1.74. The number of nitrogens with zero attached hydrogens (tertiary/aromatic N) is 1. The topological polar surface area (TPSA) is 43.4 Å². The number of alkyl halides is 1. The van der Waals surface area contributed by atoms with Gasteiger partial charge in [0.25, 0.3) is 0 Å². The van der Waals surface area contributed by atoms with Crippen LogP contribution in [0, 0.1) is 0 Å². The first-order chi connectivity index (χ1) is 5.18. The van der Waals surface area contributed by atoms with Crippen LogP contribution < -0.4 is 0 Å². The lowest BCUT2D eigenvalue weighted by Crippen LogP contribution is -2.38. The highest BCUT2D eigenvalue weighted by Crippen LogP contribution is 2.12. The van der Waals surface area contributed by atoms with Gasteiger partial charge in [0.15, 0.2) is 0 Å². The molecule has 0 amide bonds. The van der Waals surface area contributed by atoms with Crippen molar-refractivity contribution in [2.45, 2.75) is 19.0 Å². The van der Waals surface area contributed by atoms with E-state index < -0.39 is 17.3 Å². The van der Waals surface area contributed by atoms with Crippen molar-refractivity contribution in [3.05, 3.63) is 0 Å². The molecule has 0 aromatic heterocycles. The summed E-state index contributed by atoms with van der Waals surface area (Å²) in [7, 11) is 0. The molecule has 11 heavy (non-hydrogen) atoms. The molecular formula is C6H11FNO2S-. The summed E-state index contributed by atoms with van der Waals surface area (Å²) in [6, 6.07) is 0. The Kier molecular flexibility index (Phi) is 3.42. The van der Waals surface area contributed by atoms with Crippen molar-refractivity contribution in [1.29, 1.82) is 0 Å². The molecule has 2 atom stereocenters. The zero-order valence-corrected chi connectivity index (χ0v) is 6.98. The second-order valence-electron chi connectivity index (χ2n) is 2.75. The highest BCUT2D eigenvalue weighted by Gasteiger charge is 2.18. The highest BCUT2D eigenvalue weighted by molar-refractivity contribution is 7.79. The molecule has 0 aromatic carbocycles. The number of hydrogen-bond acceptors (Lipinski definition) is 3. The van der Waals surface area contributed by atoms with Gasteiger partial charge in [-0.25, -0.2) is 4.39 Å². The van der Waals surface area contributed by atoms with Crippen molar-refractivity contribution in [2.75, 3.05) is 19.0 Å². The van der Waals surface area contributed by atoms with Crippen LogP contribution in [-0.2, 0) is 11.1 Å². The van der Waals surface area contributed by atoms with E-state index in [-0.39, 0.29) is 12.4 Å². The number of rotatable bonds is 2. The lowest BCUT2D eigenvalue weighted by Gasteiger charge is -2.29. The van der Waals surface area contributed by atoms with Crippen LogP contribution in [0.25, 0.3) is 0 Å². The summed E-state index contributed by atoms with van der Waals surface area (Å²) >= 11 is -2.07. The molecule has 1 rings (SSSR count). The lowest BCUT2D eigenvalue weighted by molar-refractivity contribution is 0.155. The van der Waals surface area contributed by atoms with Crippen LogP contribution >= 0.6 is 0 Å². The summed E-state index contributed by atoms with van der Waals surface area (Å²) in [5, 5.41) is 0. The van der Waals surface area contributed by atoms with E-state index in [4.69, 9.17) is 0 Å². The predicted octanol–water partition coefficient (Wildman–Crippen LogP) is 0.257. The average Bonchev–Trinajstić information content (AvgIpc) is 1.85. The van der Waals surface area contributed by atoms with E-state index in [0.29, 0.717) is 13.0 Å². The maximum Gasteiger partial charge on any atom is 0.113 e. The first kappa shape index (κ1) is 9.09. The van der Waals surface area contributed by atoms with Gasteiger partial charge >= 0.3 is 0 Å². The van der Waals surface area contributed by atoms with Crippen LogP contribution in [0.4, 0.5) is 4.39 Å². The summed E-state index contributed by atoms with van der Waals surface area (Å²) in [5.41, 5.74) is 0. The smallest absolute Gasteiger partial charge is 0.113 e. The number of piperidine rings is 1. The number of halogens is 1. The second-order valence-corrected chi connectivity index (χ2v) is 3.62. The molecule has 0 saturated carbocycles. The fourth-order valence-corrected chi connectivity index (χ4v) is 1.80. The molecule has 2 unspecified atom stereocenters. The molecule has 1 fully saturated rings. The first-order valence-corrected chi connectivity index (χ1v) is 4.85. The molecule has 3 nitrogen and oxygen atoms in total. The van der Waals surface area contributed by atoms with Gasteiger partial charge in [-0.1, -0.05) is 0 Å². The van der Waals surface area contributed by atoms with E-state index in [1.54, 1.807) is 4.90 Å². The molecule has 5 heteroatoms. The molecule has 1 aliphatic rings. The normalized spacial score (nSPS) is 30.2. The Hall–Kier alpha value is -0.0000000000000000555. The van der Waals surface area contributed by atoms with Crippen LogP contribution in [0.15, 0.2) is 0 Å². The van der Waals surface area contributed by atoms with Gasteiger partial charge in [0, 0.05) is 6.54 Å². The van der Waals surface area contributed by atoms with Crippen LogP contribution in [-0.4, -0.2) is 38.8 Å². The Bertz CT molecular complexity index is 156. The molecule has 0 N–H and O–H groups in total. The van der Waals surface area contributed by atoms with E-state index in [0.717, 1.165) is 6.42 Å². The molecule has 1 aliphatic heterocycles. The minimum absolute atomic E-state index is 0.0274. The van der Waals surface area contributed by atoms with Crippen molar-refractivity contribution in [3.63, 3.8) is 0 Å². The van der Waals surface area contributed by atoms with Crippen LogP contribution in [0.5, 0.6) is 0 Å². The molecule has 0 spiro atoms. The second kappa shape index (κ2) is 4.13. The minimum Gasteiger partial charge on any atom is -0.771 e. The fourth-order valence-electron chi connectivity index (χ4n) is 1.27. The average molecular weight is 180 g/mol. The summed E-state index contributed by atoms with van der Waals surface area (Å²) in [5.74, 6) is -0.0274. The Labute approximate surface area is 67.9 Å². The molecular weight excluding hydrogens is 169 g/mol. The molecule has 1 heterocycles. The quantitative estimate of drug-likeness (QED) is 0.572. The fraction of sp³-hybridized carbons (Fsp3) is 1.00. The third-order valence-corrected chi connectivity index (χ3v) is 2.31. The van der Waals surface area contributed by atoms with Gasteiger partial charge in [-0.3, -0.25) is 9.11 Å². The van der Waals surface area contributed by atoms with Crippen LogP contribution in [0.3, 0.4) is 0 Å². The van der Waals surface area contributed by atoms with Crippen LogP contribution in [0.2, 0.25) is 0 Å². The lowest BCUT2D eigenvalue weighted by atomic mass is 10.1. The van der Waals surface area contributed by atoms with E-state index in [2.05, 4.69) is 0 Å². The zero-order valence-electron chi connectivity index (χ0n) is 6.16. The molecule has 0 aliphatic carbocycles. The number of hydrogen-bond donors (Lipinski definition) is 0. The van der Waals surface area contributed by atoms with Crippen molar-refractivity contribution in [2.24, 2.45) is 0 Å². The Morgan fingerprint density at radius 3 is 3.00 bits per heavy atom. The monoisotopic (exact) mass is 180 g/mol. The maximum atomic E-state index is 12.6. The molecule has 0 aromatic rings. The van der Waals surface area contributed by atoms with Gasteiger partial charge in [-0.2, -0.15) is 0 Å². The number of likely N-dealkylation sites (tertiary alicyclic amines) is 1. The van der Waals surface area contributed by atoms with Gasteiger partial charge in [0.1, 0.15) is 6.17 Å². The van der Waals surface area contributed by atoms with Gasteiger partial charge in [-0.05, 0) is 30.5 Å². The van der Waals surface area contributed by atoms with Crippen molar-refractivity contribution < 1.29 is 13.2 Å². The van der Waals surface area contributed by atoms with Gasteiger partial charge < -0.3 is 4.55 Å². The molecule has 0 bridgehead atoms. The Morgan fingerprint density at radius 2 is 2.45 bits per heavy atom. The third kappa shape index (κ3) is 3.27. The zero-order chi connectivity index (χ0) is 8.27. The Morgan fingerprint density at radius 1 is 1.73 bits per heavy atom. The maximum absolute atomic E-state index is 12.6. The van der Waals surface area contributed by atoms with Crippen molar-refractivity contribution in [3.8, 4) is 0 Å². The van der Waals surface area contributed by atoms with E-state index in [1.165, 1.54) is 0 Å². The van der Waals surface area contributed by atoms with Crippen molar-refractivity contribution >= 4 is 11.1 Å². The summed E-state index contributed by atoms with van der Waals surface area (Å²) in [6.07, 6.45) is 0.493. The molecule has 1 saturated heterocycles. The standard InChI is InChI=1S/C6H12FNO2S/c7-6-2-1-3-8(4-6)5-11(9)10/h6H,1-5H2,(H,9,10)/p-1. The highest BCUT2D eigenvalue weighted by atomic mass is 32.2. The van der Waals surface area contributed by atoms with Crippen molar-refractivity contribution in [1.82, 2.24) is 4.90 Å². The van der Waals surface area contributed by atoms with Gasteiger partial charge in [0.05, 0.1) is 5.88 Å². The molecule has 66 valence electrons. The first-order valence-electron chi connectivity index (χ1n) is 3.61. The van der Waals surface area contributed by atoms with E-state index >= 15 is 0 Å². The summed E-state index contributed by atoms with van der Waals surface area (Å²) in [4.78, 5) is 1.62. The van der Waals surface area contributed by atoms with E-state index in [9.17, 15) is 13.2 Å². The summed E-state index contributed by atoms with van der Waals surface area (Å²) < 4.78 is 33.1. The SMILES string of the molecule is O=S([O-])CN1CCCC(F)C1. The largest absolute Gasteiger partial charge is 0.771 e.